The van der Waals surface area contributed by atoms with E-state index in [1.807, 2.05) is 0 Å². The van der Waals surface area contributed by atoms with Crippen LogP contribution in [0.25, 0.3) is 0 Å². The predicted octanol–water partition coefficient (Wildman–Crippen LogP) is 1.25. The van der Waals surface area contributed by atoms with Crippen LogP contribution in [0.4, 0.5) is 0 Å². The molecule has 0 saturated carbocycles. The van der Waals surface area contributed by atoms with E-state index in [1.54, 1.807) is 0 Å². The standard InChI is InChI=1S/C28H51N3O11/c32-24(11-9-7-5-3-1-2-4-6-8-10-12-27(35)36)29-13-15-39-17-19-41-22-25(33)30-14-16-40-18-20-42-23-26(34)31-21-28(37)38/h1-23H2,(H,29,32)(H,30,33)(H,31,34)(H,35,36)(H,37,38). The van der Waals surface area contributed by atoms with Crippen LogP contribution >= 0.6 is 0 Å². The van der Waals surface area contributed by atoms with Gasteiger partial charge in [0.05, 0.1) is 39.6 Å². The van der Waals surface area contributed by atoms with Gasteiger partial charge in [-0.1, -0.05) is 51.4 Å². The lowest BCUT2D eigenvalue weighted by Crippen LogP contribution is -2.33. The number of carbonyl (C=O) groups is 5. The highest BCUT2D eigenvalue weighted by Gasteiger charge is 2.05. The summed E-state index contributed by atoms with van der Waals surface area (Å²) in [5.74, 6) is -2.65. The molecule has 0 heterocycles. The third-order valence-electron chi connectivity index (χ3n) is 5.83. The van der Waals surface area contributed by atoms with Gasteiger partial charge in [0.2, 0.25) is 17.7 Å². The van der Waals surface area contributed by atoms with Crippen molar-refractivity contribution in [2.75, 3.05) is 72.5 Å². The molecule has 0 fully saturated rings. The van der Waals surface area contributed by atoms with Gasteiger partial charge in [0, 0.05) is 25.9 Å². The zero-order valence-corrected chi connectivity index (χ0v) is 24.8. The van der Waals surface area contributed by atoms with E-state index >= 15 is 0 Å². The first-order valence-corrected chi connectivity index (χ1v) is 14.9. The summed E-state index contributed by atoms with van der Waals surface area (Å²) in [6.45, 7) is 1.45. The molecule has 0 aliphatic heterocycles. The van der Waals surface area contributed by atoms with Gasteiger partial charge in [-0.05, 0) is 12.8 Å². The summed E-state index contributed by atoms with van der Waals surface area (Å²) in [5.41, 5.74) is 0. The Bertz CT molecular complexity index is 738. The molecular weight excluding hydrogens is 554 g/mol. The van der Waals surface area contributed by atoms with E-state index < -0.39 is 24.4 Å². The van der Waals surface area contributed by atoms with Crippen LogP contribution in [0.1, 0.15) is 77.0 Å². The maximum absolute atomic E-state index is 11.9. The van der Waals surface area contributed by atoms with Crippen LogP contribution in [-0.2, 0) is 42.9 Å². The van der Waals surface area contributed by atoms with Crippen LogP contribution in [0.3, 0.4) is 0 Å². The average molecular weight is 606 g/mol. The monoisotopic (exact) mass is 605 g/mol. The van der Waals surface area contributed by atoms with E-state index in [-0.39, 0.29) is 64.4 Å². The number of nitrogens with one attached hydrogen (secondary N) is 3. The Balaban J connectivity index is 3.32. The molecule has 0 rings (SSSR count). The van der Waals surface area contributed by atoms with E-state index in [1.165, 1.54) is 19.3 Å². The van der Waals surface area contributed by atoms with Gasteiger partial charge in [-0.3, -0.25) is 24.0 Å². The molecule has 0 aliphatic carbocycles. The molecule has 0 atom stereocenters. The van der Waals surface area contributed by atoms with Crippen LogP contribution in [0.2, 0.25) is 0 Å². The van der Waals surface area contributed by atoms with E-state index in [9.17, 15) is 24.0 Å². The zero-order valence-electron chi connectivity index (χ0n) is 24.8. The third-order valence-corrected chi connectivity index (χ3v) is 5.83. The number of hydrogen-bond acceptors (Lipinski definition) is 9. The first-order valence-electron chi connectivity index (χ1n) is 14.9. The molecule has 0 aromatic carbocycles. The molecule has 0 radical (unpaired) electrons. The largest absolute Gasteiger partial charge is 0.481 e. The van der Waals surface area contributed by atoms with E-state index in [0.717, 1.165) is 44.9 Å². The summed E-state index contributed by atoms with van der Waals surface area (Å²) in [7, 11) is 0. The lowest BCUT2D eigenvalue weighted by molar-refractivity contribution is -0.138. The van der Waals surface area contributed by atoms with Crippen molar-refractivity contribution in [2.45, 2.75) is 77.0 Å². The molecule has 14 heteroatoms. The van der Waals surface area contributed by atoms with Gasteiger partial charge in [-0.2, -0.15) is 0 Å². The Morgan fingerprint density at radius 2 is 0.833 bits per heavy atom. The highest BCUT2D eigenvalue weighted by atomic mass is 16.5. The number of aliphatic carboxylic acids is 2. The highest BCUT2D eigenvalue weighted by molar-refractivity contribution is 5.81. The molecule has 42 heavy (non-hydrogen) atoms. The average Bonchev–Trinajstić information content (AvgIpc) is 2.95. The molecule has 14 nitrogen and oxygen atoms in total. The van der Waals surface area contributed by atoms with Crippen LogP contribution in [-0.4, -0.2) is 112 Å². The summed E-state index contributed by atoms with van der Waals surface area (Å²) in [5, 5.41) is 24.7. The molecule has 0 bridgehead atoms. The number of carboxylic acid groups (broad SMARTS) is 2. The number of rotatable bonds is 31. The molecule has 0 spiro atoms. The lowest BCUT2D eigenvalue weighted by Gasteiger charge is -2.09. The van der Waals surface area contributed by atoms with Crippen LogP contribution in [0.15, 0.2) is 0 Å². The van der Waals surface area contributed by atoms with Crippen molar-refractivity contribution in [1.29, 1.82) is 0 Å². The van der Waals surface area contributed by atoms with Crippen LogP contribution < -0.4 is 16.0 Å². The molecule has 0 aromatic rings. The normalized spacial score (nSPS) is 10.8. The molecule has 0 unspecified atom stereocenters. The van der Waals surface area contributed by atoms with Crippen molar-refractivity contribution in [2.24, 2.45) is 0 Å². The van der Waals surface area contributed by atoms with Crippen LogP contribution in [0.5, 0.6) is 0 Å². The summed E-state index contributed by atoms with van der Waals surface area (Å²) in [6, 6.07) is 0. The van der Waals surface area contributed by atoms with E-state index in [0.29, 0.717) is 26.2 Å². The maximum Gasteiger partial charge on any atom is 0.322 e. The fourth-order valence-corrected chi connectivity index (χ4v) is 3.64. The van der Waals surface area contributed by atoms with Crippen molar-refractivity contribution >= 4 is 29.7 Å². The fourth-order valence-electron chi connectivity index (χ4n) is 3.64. The first-order chi connectivity index (χ1) is 20.3. The molecule has 0 aromatic heterocycles. The Morgan fingerprint density at radius 1 is 0.429 bits per heavy atom. The van der Waals surface area contributed by atoms with Crippen molar-refractivity contribution in [1.82, 2.24) is 16.0 Å². The van der Waals surface area contributed by atoms with Crippen molar-refractivity contribution < 1.29 is 53.1 Å². The third kappa shape index (κ3) is 31.7. The topological polar surface area (TPSA) is 199 Å². The number of unbranched alkanes of at least 4 members (excludes halogenated alkanes) is 9. The van der Waals surface area contributed by atoms with Crippen molar-refractivity contribution in [3.63, 3.8) is 0 Å². The van der Waals surface area contributed by atoms with Gasteiger partial charge in [-0.15, -0.1) is 0 Å². The number of ether oxygens (including phenoxy) is 4. The molecule has 0 aliphatic rings. The first kappa shape index (κ1) is 39.2. The smallest absolute Gasteiger partial charge is 0.322 e. The van der Waals surface area contributed by atoms with Gasteiger partial charge >= 0.3 is 11.9 Å². The van der Waals surface area contributed by atoms with Crippen molar-refractivity contribution in [3.8, 4) is 0 Å². The van der Waals surface area contributed by atoms with Crippen molar-refractivity contribution in [3.05, 3.63) is 0 Å². The molecule has 5 N–H and O–H groups in total. The number of carboxylic acids is 2. The Labute approximate surface area is 248 Å². The van der Waals surface area contributed by atoms with E-state index in [2.05, 4.69) is 16.0 Å². The van der Waals surface area contributed by atoms with Gasteiger partial charge in [0.15, 0.2) is 0 Å². The maximum atomic E-state index is 11.9. The number of carbonyl (C=O) groups excluding carboxylic acids is 3. The minimum atomic E-state index is -1.13. The second-order valence-electron chi connectivity index (χ2n) is 9.63. The summed E-state index contributed by atoms with van der Waals surface area (Å²) in [6.07, 6.45) is 11.4. The molecular formula is C28H51N3O11. The SMILES string of the molecule is O=C(O)CCCCCCCCCCCCC(=O)NCCOCCOCC(=O)NCCOCCOCC(=O)NCC(=O)O. The summed E-state index contributed by atoms with van der Waals surface area (Å²) >= 11 is 0. The predicted molar refractivity (Wildman–Crippen MR) is 153 cm³/mol. The minimum absolute atomic E-state index is 0.0183. The summed E-state index contributed by atoms with van der Waals surface area (Å²) in [4.78, 5) is 55.6. The van der Waals surface area contributed by atoms with E-state index in [4.69, 9.17) is 29.2 Å². The Hall–Kier alpha value is -2.81. The second kappa shape index (κ2) is 29.7. The van der Waals surface area contributed by atoms with Gasteiger partial charge in [0.25, 0.3) is 0 Å². The lowest BCUT2D eigenvalue weighted by atomic mass is 10.1. The molecule has 244 valence electrons. The van der Waals surface area contributed by atoms with Crippen LogP contribution in [0, 0.1) is 0 Å². The molecule has 0 saturated heterocycles. The zero-order chi connectivity index (χ0) is 31.1. The highest BCUT2D eigenvalue weighted by Crippen LogP contribution is 2.12. The summed E-state index contributed by atoms with van der Waals surface area (Å²) < 4.78 is 20.9. The van der Waals surface area contributed by atoms with Gasteiger partial charge in [0.1, 0.15) is 19.8 Å². The second-order valence-corrected chi connectivity index (χ2v) is 9.63. The Kier molecular flexibility index (Phi) is 27.7. The minimum Gasteiger partial charge on any atom is -0.481 e. The molecule has 3 amide bonds. The number of amides is 3. The van der Waals surface area contributed by atoms with Gasteiger partial charge in [-0.25, -0.2) is 0 Å². The Morgan fingerprint density at radius 3 is 1.31 bits per heavy atom. The van der Waals surface area contributed by atoms with Gasteiger partial charge < -0.3 is 45.1 Å². The number of hydrogen-bond donors (Lipinski definition) is 5. The fraction of sp³-hybridized carbons (Fsp3) is 0.821. The quantitative estimate of drug-likeness (QED) is 0.0713.